The topological polar surface area (TPSA) is 53.6 Å². The van der Waals surface area contributed by atoms with Gasteiger partial charge < -0.3 is 0 Å². The molecule has 0 aliphatic carbocycles. The van der Waals surface area contributed by atoms with E-state index in [-0.39, 0.29) is 5.54 Å². The van der Waals surface area contributed by atoms with E-state index >= 15 is 0 Å². The van der Waals surface area contributed by atoms with Gasteiger partial charge >= 0.3 is 0 Å². The van der Waals surface area contributed by atoms with Crippen LogP contribution in [0.25, 0.3) is 0 Å². The number of hydrogen-bond donors (Lipinski definition) is 1. The third-order valence-electron chi connectivity index (χ3n) is 2.93. The van der Waals surface area contributed by atoms with E-state index in [1.807, 2.05) is 17.8 Å². The summed E-state index contributed by atoms with van der Waals surface area (Å²) in [5.41, 5.74) is -0.376. The van der Waals surface area contributed by atoms with Gasteiger partial charge in [-0.1, -0.05) is 13.8 Å². The maximum absolute atomic E-state index is 9.27. The monoisotopic (exact) mass is 298 g/mol. The van der Waals surface area contributed by atoms with Crippen molar-refractivity contribution in [1.82, 2.24) is 15.1 Å². The summed E-state index contributed by atoms with van der Waals surface area (Å²) in [6.45, 7) is 5.76. The molecule has 1 atom stereocenters. The third kappa shape index (κ3) is 4.14. The number of rotatable bonds is 7. The molecule has 0 aliphatic heterocycles. The molecule has 1 heterocycles. The lowest BCUT2D eigenvalue weighted by Gasteiger charge is -2.25. The minimum atomic E-state index is -0.376. The van der Waals surface area contributed by atoms with E-state index in [2.05, 4.69) is 39.3 Å². The van der Waals surface area contributed by atoms with Crippen molar-refractivity contribution in [2.24, 2.45) is 0 Å². The van der Waals surface area contributed by atoms with E-state index in [1.165, 1.54) is 0 Å². The number of aromatic nitrogens is 2. The second-order valence-electron chi connectivity index (χ2n) is 4.10. The van der Waals surface area contributed by atoms with Crippen molar-refractivity contribution in [3.8, 4) is 6.07 Å². The smallest absolute Gasteiger partial charge is 0.106 e. The number of hydrogen-bond acceptors (Lipinski definition) is 3. The fourth-order valence-electron chi connectivity index (χ4n) is 1.91. The Bertz CT molecular complexity index is 382. The maximum Gasteiger partial charge on any atom is 0.106 e. The van der Waals surface area contributed by atoms with E-state index < -0.39 is 0 Å². The van der Waals surface area contributed by atoms with Gasteiger partial charge in [0.05, 0.1) is 16.7 Å². The van der Waals surface area contributed by atoms with Crippen LogP contribution in [0.1, 0.15) is 33.1 Å². The summed E-state index contributed by atoms with van der Waals surface area (Å²) in [7, 11) is 0. The van der Waals surface area contributed by atoms with Gasteiger partial charge in [0, 0.05) is 12.7 Å². The van der Waals surface area contributed by atoms with Crippen molar-refractivity contribution in [3.05, 3.63) is 16.9 Å². The molecule has 0 aromatic carbocycles. The molecule has 0 spiro atoms. The number of nitrogens with one attached hydrogen (secondary N) is 1. The minimum Gasteiger partial charge on any atom is -0.300 e. The molecule has 0 bridgehead atoms. The zero-order chi connectivity index (χ0) is 12.7. The Kier molecular flexibility index (Phi) is 5.66. The van der Waals surface area contributed by atoms with Crippen molar-refractivity contribution in [1.29, 1.82) is 5.26 Å². The van der Waals surface area contributed by atoms with Gasteiger partial charge in [-0.2, -0.15) is 10.4 Å². The van der Waals surface area contributed by atoms with Gasteiger partial charge in [0.2, 0.25) is 0 Å². The van der Waals surface area contributed by atoms with Gasteiger partial charge in [0.25, 0.3) is 0 Å². The number of aryl methyl sites for hydroxylation is 1. The molecular formula is C12H19BrN4. The van der Waals surface area contributed by atoms with Crippen LogP contribution in [0, 0.1) is 11.3 Å². The first-order valence-corrected chi connectivity index (χ1v) is 6.79. The Morgan fingerprint density at radius 3 is 2.82 bits per heavy atom. The van der Waals surface area contributed by atoms with E-state index in [0.717, 1.165) is 36.8 Å². The van der Waals surface area contributed by atoms with Crippen LogP contribution in [-0.2, 0) is 6.54 Å². The van der Waals surface area contributed by atoms with E-state index in [9.17, 15) is 5.26 Å². The lowest BCUT2D eigenvalue weighted by atomic mass is 9.92. The van der Waals surface area contributed by atoms with Crippen LogP contribution in [0.2, 0.25) is 0 Å². The number of halogens is 1. The summed E-state index contributed by atoms with van der Waals surface area (Å²) in [5, 5.41) is 16.8. The van der Waals surface area contributed by atoms with Crippen LogP contribution in [0.3, 0.4) is 0 Å². The van der Waals surface area contributed by atoms with E-state index in [4.69, 9.17) is 0 Å². The molecule has 1 aromatic rings. The molecule has 1 unspecified atom stereocenters. The largest absolute Gasteiger partial charge is 0.300 e. The van der Waals surface area contributed by atoms with Crippen LogP contribution in [0.4, 0.5) is 0 Å². The highest BCUT2D eigenvalue weighted by atomic mass is 79.9. The fraction of sp³-hybridized carbons (Fsp3) is 0.667. The van der Waals surface area contributed by atoms with E-state index in [0.29, 0.717) is 0 Å². The predicted octanol–water partition coefficient (Wildman–Crippen LogP) is 2.71. The van der Waals surface area contributed by atoms with Gasteiger partial charge in [-0.15, -0.1) is 0 Å². The molecule has 17 heavy (non-hydrogen) atoms. The molecule has 0 saturated carbocycles. The van der Waals surface area contributed by atoms with Crippen LogP contribution in [0.15, 0.2) is 16.9 Å². The fourth-order valence-corrected chi connectivity index (χ4v) is 2.23. The molecule has 1 aromatic heterocycles. The summed E-state index contributed by atoms with van der Waals surface area (Å²) < 4.78 is 2.89. The van der Waals surface area contributed by atoms with Gasteiger partial charge in [-0.05, 0) is 41.7 Å². The Morgan fingerprint density at radius 1 is 1.59 bits per heavy atom. The summed E-state index contributed by atoms with van der Waals surface area (Å²) in [6, 6.07) is 2.41. The van der Waals surface area contributed by atoms with E-state index in [1.54, 1.807) is 6.20 Å². The molecule has 0 radical (unpaired) electrons. The lowest BCUT2D eigenvalue weighted by molar-refractivity contribution is 0.358. The molecule has 5 heteroatoms. The Morgan fingerprint density at radius 2 is 2.35 bits per heavy atom. The summed E-state index contributed by atoms with van der Waals surface area (Å²) >= 11 is 3.37. The van der Waals surface area contributed by atoms with Crippen molar-refractivity contribution >= 4 is 15.9 Å². The van der Waals surface area contributed by atoms with Crippen LogP contribution < -0.4 is 5.32 Å². The molecule has 1 rings (SSSR count). The van der Waals surface area contributed by atoms with Crippen molar-refractivity contribution in [2.75, 3.05) is 6.54 Å². The summed E-state index contributed by atoms with van der Waals surface area (Å²) in [4.78, 5) is 0. The quantitative estimate of drug-likeness (QED) is 0.842. The standard InChI is InChI=1S/C12H19BrN4/c1-3-12(10-14,15-4-2)6-5-7-17-9-11(13)8-16-17/h8-9,15H,3-7H2,1-2H3. The Labute approximate surface area is 111 Å². The molecule has 1 N–H and O–H groups in total. The molecule has 0 fully saturated rings. The second kappa shape index (κ2) is 6.77. The highest BCUT2D eigenvalue weighted by Gasteiger charge is 2.25. The highest BCUT2D eigenvalue weighted by molar-refractivity contribution is 9.10. The van der Waals surface area contributed by atoms with Crippen LogP contribution >= 0.6 is 15.9 Å². The first-order valence-electron chi connectivity index (χ1n) is 6.00. The number of nitrogens with zero attached hydrogens (tertiary/aromatic N) is 3. The lowest BCUT2D eigenvalue weighted by Crippen LogP contribution is -2.43. The van der Waals surface area contributed by atoms with Crippen molar-refractivity contribution in [3.63, 3.8) is 0 Å². The average molecular weight is 299 g/mol. The zero-order valence-corrected chi connectivity index (χ0v) is 12.0. The average Bonchev–Trinajstić information content (AvgIpc) is 2.74. The summed E-state index contributed by atoms with van der Waals surface area (Å²) in [6.07, 6.45) is 6.36. The normalized spacial score (nSPS) is 14.2. The van der Waals surface area contributed by atoms with Gasteiger partial charge in [-0.25, -0.2) is 0 Å². The van der Waals surface area contributed by atoms with Crippen LogP contribution in [0.5, 0.6) is 0 Å². The molecule has 4 nitrogen and oxygen atoms in total. The second-order valence-corrected chi connectivity index (χ2v) is 5.02. The van der Waals surface area contributed by atoms with Crippen molar-refractivity contribution in [2.45, 2.75) is 45.2 Å². The molecule has 0 saturated heterocycles. The maximum atomic E-state index is 9.27. The SMILES string of the molecule is CCNC(C#N)(CC)CCCn1cc(Br)cn1. The van der Waals surface area contributed by atoms with Crippen LogP contribution in [-0.4, -0.2) is 21.9 Å². The highest BCUT2D eigenvalue weighted by Crippen LogP contribution is 2.17. The number of nitriles is 1. The first-order chi connectivity index (χ1) is 8.15. The summed E-state index contributed by atoms with van der Waals surface area (Å²) in [5.74, 6) is 0. The zero-order valence-electron chi connectivity index (χ0n) is 10.4. The minimum absolute atomic E-state index is 0.376. The first kappa shape index (κ1) is 14.2. The molecule has 0 aliphatic rings. The predicted molar refractivity (Wildman–Crippen MR) is 71.5 cm³/mol. The van der Waals surface area contributed by atoms with Gasteiger partial charge in [0.1, 0.15) is 5.54 Å². The molecular weight excluding hydrogens is 280 g/mol. The van der Waals surface area contributed by atoms with Crippen molar-refractivity contribution < 1.29 is 0 Å². The Balaban J connectivity index is 2.45. The van der Waals surface area contributed by atoms with Gasteiger partial charge in [0.15, 0.2) is 0 Å². The molecule has 94 valence electrons. The Hall–Kier alpha value is -0.860. The third-order valence-corrected chi connectivity index (χ3v) is 3.33. The van der Waals surface area contributed by atoms with Gasteiger partial charge in [-0.3, -0.25) is 10.00 Å². The molecule has 0 amide bonds.